The van der Waals surface area contributed by atoms with Crippen molar-refractivity contribution in [3.8, 4) is 17.1 Å². The quantitative estimate of drug-likeness (QED) is 0.603. The number of primary amides is 1. The maximum absolute atomic E-state index is 13.5. The number of carbonyl (C=O) groups excluding carboxylic acids is 2. The minimum absolute atomic E-state index is 0.113. The first-order valence-corrected chi connectivity index (χ1v) is 9.78. The van der Waals surface area contributed by atoms with E-state index in [9.17, 15) is 14.0 Å². The van der Waals surface area contributed by atoms with Crippen LogP contribution in [0.1, 0.15) is 13.8 Å². The van der Waals surface area contributed by atoms with E-state index in [0.717, 1.165) is 17.3 Å². The van der Waals surface area contributed by atoms with Gasteiger partial charge in [0.2, 0.25) is 5.91 Å². The Morgan fingerprint density at radius 1 is 1.07 bits per heavy atom. The standard InChI is InChI=1S/C20H20FN5O2S/c1-12(2)16(18(27)23-19(22)28)29-20-25-24-17(13-6-4-3-5-7-13)26(20)15-10-8-14(21)9-11-15/h3-12,16H,1-2H3,(H3,22,23,27,28). The molecule has 0 aliphatic rings. The maximum Gasteiger partial charge on any atom is 0.318 e. The van der Waals surface area contributed by atoms with Crippen LogP contribution in [0.2, 0.25) is 0 Å². The Labute approximate surface area is 171 Å². The van der Waals surface area contributed by atoms with E-state index in [-0.39, 0.29) is 11.7 Å². The molecule has 1 atom stereocenters. The van der Waals surface area contributed by atoms with E-state index >= 15 is 0 Å². The molecule has 2 aromatic carbocycles. The summed E-state index contributed by atoms with van der Waals surface area (Å²) in [7, 11) is 0. The second kappa shape index (κ2) is 8.87. The molecule has 0 aliphatic carbocycles. The summed E-state index contributed by atoms with van der Waals surface area (Å²) in [5.41, 5.74) is 6.56. The average Bonchev–Trinajstić information content (AvgIpc) is 3.10. The minimum Gasteiger partial charge on any atom is -0.351 e. The lowest BCUT2D eigenvalue weighted by molar-refractivity contribution is -0.120. The molecular formula is C20H20FN5O2S. The van der Waals surface area contributed by atoms with E-state index in [2.05, 4.69) is 15.5 Å². The number of nitrogens with one attached hydrogen (secondary N) is 1. The molecule has 0 radical (unpaired) electrons. The fraction of sp³-hybridized carbons (Fsp3) is 0.200. The highest BCUT2D eigenvalue weighted by molar-refractivity contribution is 8.00. The third-order valence-corrected chi connectivity index (χ3v) is 5.58. The predicted molar refractivity (Wildman–Crippen MR) is 109 cm³/mol. The second-order valence-electron chi connectivity index (χ2n) is 6.62. The van der Waals surface area contributed by atoms with Crippen molar-refractivity contribution in [1.29, 1.82) is 0 Å². The molecule has 3 amide bonds. The van der Waals surface area contributed by atoms with Gasteiger partial charge in [-0.05, 0) is 30.2 Å². The number of hydrogen-bond acceptors (Lipinski definition) is 5. The van der Waals surface area contributed by atoms with E-state index in [4.69, 9.17) is 5.73 Å². The third-order valence-electron chi connectivity index (χ3n) is 4.09. The van der Waals surface area contributed by atoms with E-state index < -0.39 is 17.2 Å². The van der Waals surface area contributed by atoms with Crippen LogP contribution in [-0.2, 0) is 4.79 Å². The highest BCUT2D eigenvalue weighted by Gasteiger charge is 2.28. The molecule has 7 nitrogen and oxygen atoms in total. The van der Waals surface area contributed by atoms with Crippen molar-refractivity contribution in [3.05, 3.63) is 60.4 Å². The Morgan fingerprint density at radius 2 is 1.72 bits per heavy atom. The molecule has 9 heteroatoms. The molecular weight excluding hydrogens is 393 g/mol. The van der Waals surface area contributed by atoms with Gasteiger partial charge in [0.05, 0.1) is 5.25 Å². The zero-order chi connectivity index (χ0) is 21.0. The van der Waals surface area contributed by atoms with Gasteiger partial charge in [-0.3, -0.25) is 14.7 Å². The largest absolute Gasteiger partial charge is 0.351 e. The summed E-state index contributed by atoms with van der Waals surface area (Å²) in [5, 5.41) is 10.5. The van der Waals surface area contributed by atoms with E-state index in [1.54, 1.807) is 16.7 Å². The number of nitrogens with two attached hydrogens (primary N) is 1. The van der Waals surface area contributed by atoms with Crippen LogP contribution in [0.25, 0.3) is 17.1 Å². The molecule has 1 unspecified atom stereocenters. The van der Waals surface area contributed by atoms with Gasteiger partial charge in [0, 0.05) is 11.3 Å². The lowest BCUT2D eigenvalue weighted by atomic mass is 10.1. The predicted octanol–water partition coefficient (Wildman–Crippen LogP) is 3.39. The molecule has 1 heterocycles. The number of urea groups is 1. The van der Waals surface area contributed by atoms with Gasteiger partial charge in [-0.2, -0.15) is 0 Å². The molecule has 3 N–H and O–H groups in total. The summed E-state index contributed by atoms with van der Waals surface area (Å²) in [6.45, 7) is 3.71. The summed E-state index contributed by atoms with van der Waals surface area (Å²) in [6.07, 6.45) is 0. The van der Waals surface area contributed by atoms with E-state index in [1.807, 2.05) is 44.2 Å². The van der Waals surface area contributed by atoms with Crippen molar-refractivity contribution >= 4 is 23.7 Å². The van der Waals surface area contributed by atoms with Crippen molar-refractivity contribution in [2.75, 3.05) is 0 Å². The molecule has 0 saturated carbocycles. The Bertz CT molecular complexity index is 1010. The van der Waals surface area contributed by atoms with Crippen LogP contribution in [0.5, 0.6) is 0 Å². The average molecular weight is 413 g/mol. The second-order valence-corrected chi connectivity index (χ2v) is 7.73. The zero-order valence-corrected chi connectivity index (χ0v) is 16.7. The van der Waals surface area contributed by atoms with Gasteiger partial charge in [0.25, 0.3) is 0 Å². The maximum atomic E-state index is 13.5. The summed E-state index contributed by atoms with van der Waals surface area (Å²) < 4.78 is 15.2. The summed E-state index contributed by atoms with van der Waals surface area (Å²) in [6, 6.07) is 14.4. The molecule has 0 fully saturated rings. The molecule has 1 aromatic heterocycles. The Kier molecular flexibility index (Phi) is 6.28. The lowest BCUT2D eigenvalue weighted by Gasteiger charge is -2.19. The number of amides is 3. The van der Waals surface area contributed by atoms with Crippen LogP contribution in [0, 0.1) is 11.7 Å². The van der Waals surface area contributed by atoms with Crippen LogP contribution >= 0.6 is 11.8 Å². The lowest BCUT2D eigenvalue weighted by Crippen LogP contribution is -2.42. The van der Waals surface area contributed by atoms with Crippen molar-refractivity contribution in [1.82, 2.24) is 20.1 Å². The Hall–Kier alpha value is -3.20. The number of aromatic nitrogens is 3. The smallest absolute Gasteiger partial charge is 0.318 e. The Balaban J connectivity index is 2.06. The molecule has 3 rings (SSSR count). The number of benzene rings is 2. The van der Waals surface area contributed by atoms with Gasteiger partial charge < -0.3 is 5.73 Å². The van der Waals surface area contributed by atoms with Crippen molar-refractivity contribution in [2.45, 2.75) is 24.3 Å². The van der Waals surface area contributed by atoms with Crippen LogP contribution < -0.4 is 11.1 Å². The molecule has 0 spiro atoms. The monoisotopic (exact) mass is 413 g/mol. The number of carbonyl (C=O) groups is 2. The highest BCUT2D eigenvalue weighted by Crippen LogP contribution is 2.32. The number of nitrogens with zero attached hydrogens (tertiary/aromatic N) is 3. The van der Waals surface area contributed by atoms with Crippen molar-refractivity contribution in [2.24, 2.45) is 11.7 Å². The van der Waals surface area contributed by atoms with Crippen LogP contribution in [0.3, 0.4) is 0 Å². The van der Waals surface area contributed by atoms with Gasteiger partial charge in [-0.1, -0.05) is 55.9 Å². The fourth-order valence-corrected chi connectivity index (χ4v) is 3.79. The summed E-state index contributed by atoms with van der Waals surface area (Å²) in [4.78, 5) is 23.5. The first-order valence-electron chi connectivity index (χ1n) is 8.90. The minimum atomic E-state index is -0.911. The number of thioether (sulfide) groups is 1. The topological polar surface area (TPSA) is 103 Å². The molecule has 0 aliphatic heterocycles. The summed E-state index contributed by atoms with van der Waals surface area (Å²) >= 11 is 1.16. The van der Waals surface area contributed by atoms with Crippen molar-refractivity contribution < 1.29 is 14.0 Å². The molecule has 29 heavy (non-hydrogen) atoms. The van der Waals surface area contributed by atoms with Crippen LogP contribution in [0.4, 0.5) is 9.18 Å². The molecule has 150 valence electrons. The number of imide groups is 1. The SMILES string of the molecule is CC(C)C(Sc1nnc(-c2ccccc2)n1-c1ccc(F)cc1)C(=O)NC(N)=O. The van der Waals surface area contributed by atoms with Gasteiger partial charge in [-0.15, -0.1) is 10.2 Å². The summed E-state index contributed by atoms with van der Waals surface area (Å²) in [5.74, 6) is -0.430. The molecule has 0 bridgehead atoms. The third kappa shape index (κ3) is 4.80. The van der Waals surface area contributed by atoms with Gasteiger partial charge >= 0.3 is 6.03 Å². The van der Waals surface area contributed by atoms with Crippen molar-refractivity contribution in [3.63, 3.8) is 0 Å². The Morgan fingerprint density at radius 3 is 2.31 bits per heavy atom. The van der Waals surface area contributed by atoms with Crippen LogP contribution in [0.15, 0.2) is 59.8 Å². The first-order chi connectivity index (χ1) is 13.9. The number of rotatable bonds is 6. The number of hydrogen-bond donors (Lipinski definition) is 2. The molecule has 0 saturated heterocycles. The highest BCUT2D eigenvalue weighted by atomic mass is 32.2. The van der Waals surface area contributed by atoms with Crippen LogP contribution in [-0.4, -0.2) is 32.0 Å². The normalized spacial score (nSPS) is 12.0. The zero-order valence-electron chi connectivity index (χ0n) is 15.9. The fourth-order valence-electron chi connectivity index (χ4n) is 2.74. The van der Waals surface area contributed by atoms with Gasteiger partial charge in [0.1, 0.15) is 5.82 Å². The van der Waals surface area contributed by atoms with Gasteiger partial charge in [0.15, 0.2) is 11.0 Å². The first kappa shape index (κ1) is 20.5. The molecule has 3 aromatic rings. The van der Waals surface area contributed by atoms with E-state index in [0.29, 0.717) is 16.7 Å². The van der Waals surface area contributed by atoms with E-state index in [1.165, 1.54) is 12.1 Å². The van der Waals surface area contributed by atoms with Gasteiger partial charge in [-0.25, -0.2) is 9.18 Å². The number of halogens is 1.